The van der Waals surface area contributed by atoms with Crippen LogP contribution in [0, 0.1) is 0 Å². The minimum atomic E-state index is 0.0300. The molecule has 0 aromatic carbocycles. The predicted octanol–water partition coefficient (Wildman–Crippen LogP) is 2.22. The molecule has 2 nitrogen and oxygen atoms in total. The van der Waals surface area contributed by atoms with E-state index in [9.17, 15) is 4.79 Å². The molecule has 0 aliphatic carbocycles. The van der Waals surface area contributed by atoms with Gasteiger partial charge in [-0.15, -0.1) is 11.3 Å². The maximum atomic E-state index is 11.9. The quantitative estimate of drug-likeness (QED) is 0.905. The number of Topliss-reactive ketones (excluding diaryl/α,β-unsaturated/α-hetero) is 1. The lowest BCUT2D eigenvalue weighted by Crippen LogP contribution is -2.44. The molecular formula is C10H12ClNOS2. The molecule has 0 amide bonds. The second-order valence-electron chi connectivity index (χ2n) is 3.48. The van der Waals surface area contributed by atoms with E-state index >= 15 is 0 Å². The van der Waals surface area contributed by atoms with E-state index in [4.69, 9.17) is 11.6 Å². The number of hydrogen-bond donors (Lipinski definition) is 1. The van der Waals surface area contributed by atoms with Crippen LogP contribution in [0.1, 0.15) is 5.56 Å². The van der Waals surface area contributed by atoms with Gasteiger partial charge in [0.25, 0.3) is 0 Å². The van der Waals surface area contributed by atoms with E-state index in [2.05, 4.69) is 5.32 Å². The van der Waals surface area contributed by atoms with Gasteiger partial charge in [0.05, 0.1) is 10.4 Å². The van der Waals surface area contributed by atoms with Gasteiger partial charge in [-0.25, -0.2) is 0 Å². The van der Waals surface area contributed by atoms with Crippen molar-refractivity contribution in [1.29, 1.82) is 0 Å². The van der Waals surface area contributed by atoms with Crippen LogP contribution in [-0.2, 0) is 11.2 Å². The van der Waals surface area contributed by atoms with Crippen molar-refractivity contribution < 1.29 is 4.79 Å². The fraction of sp³-hybridized carbons (Fsp3) is 0.500. The molecule has 1 aromatic rings. The molecular weight excluding hydrogens is 250 g/mol. The molecule has 0 spiro atoms. The van der Waals surface area contributed by atoms with Crippen LogP contribution in [0.4, 0.5) is 0 Å². The third kappa shape index (κ3) is 3.21. The van der Waals surface area contributed by atoms with Crippen LogP contribution in [0.5, 0.6) is 0 Å². The summed E-state index contributed by atoms with van der Waals surface area (Å²) in [5.41, 5.74) is 1.03. The van der Waals surface area contributed by atoms with Gasteiger partial charge in [0.2, 0.25) is 0 Å². The molecule has 0 bridgehead atoms. The van der Waals surface area contributed by atoms with Crippen LogP contribution < -0.4 is 5.32 Å². The van der Waals surface area contributed by atoms with Crippen LogP contribution in [-0.4, -0.2) is 29.9 Å². The van der Waals surface area contributed by atoms with Crippen molar-refractivity contribution in [2.75, 3.05) is 18.1 Å². The molecule has 2 heterocycles. The summed E-state index contributed by atoms with van der Waals surface area (Å²) in [4.78, 5) is 11.9. The number of thioether (sulfide) groups is 1. The number of nitrogens with one attached hydrogen (secondary N) is 1. The van der Waals surface area contributed by atoms with Crippen molar-refractivity contribution in [2.24, 2.45) is 0 Å². The Labute approximate surface area is 102 Å². The van der Waals surface area contributed by atoms with Crippen molar-refractivity contribution in [3.05, 3.63) is 21.3 Å². The summed E-state index contributed by atoms with van der Waals surface area (Å²) >= 11 is 9.14. The monoisotopic (exact) mass is 261 g/mol. The van der Waals surface area contributed by atoms with E-state index < -0.39 is 0 Å². The fourth-order valence-corrected chi connectivity index (χ4v) is 3.41. The topological polar surface area (TPSA) is 29.1 Å². The van der Waals surface area contributed by atoms with E-state index in [1.54, 1.807) is 0 Å². The van der Waals surface area contributed by atoms with Crippen LogP contribution in [0.25, 0.3) is 0 Å². The molecule has 1 aliphatic heterocycles. The highest BCUT2D eigenvalue weighted by Gasteiger charge is 2.20. The van der Waals surface area contributed by atoms with Crippen molar-refractivity contribution in [3.63, 3.8) is 0 Å². The summed E-state index contributed by atoms with van der Waals surface area (Å²) in [6, 6.07) is 1.91. The van der Waals surface area contributed by atoms with Gasteiger partial charge in [0.1, 0.15) is 0 Å². The number of carbonyl (C=O) groups is 1. The lowest BCUT2D eigenvalue weighted by molar-refractivity contribution is -0.119. The summed E-state index contributed by atoms with van der Waals surface area (Å²) < 4.78 is 0.753. The van der Waals surface area contributed by atoms with Crippen LogP contribution in [0.3, 0.4) is 0 Å². The molecule has 5 heteroatoms. The zero-order valence-electron chi connectivity index (χ0n) is 8.16. The molecule has 1 atom stereocenters. The summed E-state index contributed by atoms with van der Waals surface area (Å²) in [6.45, 7) is 0.936. The molecule has 0 radical (unpaired) electrons. The molecule has 1 aromatic heterocycles. The molecule has 1 unspecified atom stereocenters. The fourth-order valence-electron chi connectivity index (χ4n) is 1.54. The maximum Gasteiger partial charge on any atom is 0.154 e. The Kier molecular flexibility index (Phi) is 4.08. The minimum absolute atomic E-state index is 0.0300. The van der Waals surface area contributed by atoms with Gasteiger partial charge in [-0.3, -0.25) is 4.79 Å². The van der Waals surface area contributed by atoms with Gasteiger partial charge in [0, 0.05) is 24.5 Å². The van der Waals surface area contributed by atoms with Crippen molar-refractivity contribution >= 4 is 40.5 Å². The highest BCUT2D eigenvalue weighted by Crippen LogP contribution is 2.21. The molecule has 0 saturated carbocycles. The number of rotatable bonds is 3. The summed E-state index contributed by atoms with van der Waals surface area (Å²) in [5, 5.41) is 5.20. The van der Waals surface area contributed by atoms with E-state index in [1.165, 1.54) is 11.3 Å². The average molecular weight is 262 g/mol. The highest BCUT2D eigenvalue weighted by atomic mass is 35.5. The Morgan fingerprint density at radius 2 is 2.53 bits per heavy atom. The molecule has 15 heavy (non-hydrogen) atoms. The maximum absolute atomic E-state index is 11.9. The van der Waals surface area contributed by atoms with E-state index in [-0.39, 0.29) is 11.8 Å². The third-order valence-corrected chi connectivity index (χ3v) is 4.51. The van der Waals surface area contributed by atoms with Gasteiger partial charge < -0.3 is 5.32 Å². The van der Waals surface area contributed by atoms with Gasteiger partial charge in [-0.05, 0) is 17.0 Å². The molecule has 1 N–H and O–H groups in total. The van der Waals surface area contributed by atoms with Gasteiger partial charge in [-0.2, -0.15) is 11.8 Å². The Bertz CT molecular complexity index is 347. The third-order valence-electron chi connectivity index (χ3n) is 2.31. The number of hydrogen-bond acceptors (Lipinski definition) is 4. The van der Waals surface area contributed by atoms with Gasteiger partial charge >= 0.3 is 0 Å². The normalized spacial score (nSPS) is 21.5. The number of thiophene rings is 1. The SMILES string of the molecule is O=C(Cc1csc(Cl)c1)C1CSCCN1. The molecule has 1 aliphatic rings. The highest BCUT2D eigenvalue weighted by molar-refractivity contribution is 7.99. The number of ketones is 1. The smallest absolute Gasteiger partial charge is 0.154 e. The van der Waals surface area contributed by atoms with Crippen molar-refractivity contribution in [2.45, 2.75) is 12.5 Å². The lowest BCUT2D eigenvalue weighted by Gasteiger charge is -2.21. The zero-order valence-corrected chi connectivity index (χ0v) is 10.6. The second kappa shape index (κ2) is 5.34. The Balaban J connectivity index is 1.91. The van der Waals surface area contributed by atoms with E-state index in [0.717, 1.165) is 28.0 Å². The number of halogens is 1. The van der Waals surface area contributed by atoms with E-state index in [0.29, 0.717) is 6.42 Å². The van der Waals surface area contributed by atoms with E-state index in [1.807, 2.05) is 23.2 Å². The van der Waals surface area contributed by atoms with Gasteiger partial charge in [0.15, 0.2) is 5.78 Å². The molecule has 82 valence electrons. The van der Waals surface area contributed by atoms with Crippen LogP contribution >= 0.6 is 34.7 Å². The first-order valence-electron chi connectivity index (χ1n) is 4.82. The summed E-state index contributed by atoms with van der Waals surface area (Å²) in [5.74, 6) is 2.28. The Hall–Kier alpha value is -0.0300. The standard InChI is InChI=1S/C10H12ClNOS2/c11-10-4-7(5-15-10)3-9(13)8-6-14-2-1-12-8/h4-5,8,12H,1-3,6H2. The minimum Gasteiger partial charge on any atom is -0.306 e. The van der Waals surface area contributed by atoms with Crippen LogP contribution in [0.15, 0.2) is 11.4 Å². The predicted molar refractivity (Wildman–Crippen MR) is 67.2 cm³/mol. The summed E-state index contributed by atoms with van der Waals surface area (Å²) in [7, 11) is 0. The van der Waals surface area contributed by atoms with Crippen molar-refractivity contribution in [3.8, 4) is 0 Å². The average Bonchev–Trinajstić information content (AvgIpc) is 2.65. The first kappa shape index (κ1) is 11.5. The Morgan fingerprint density at radius 3 is 3.13 bits per heavy atom. The lowest BCUT2D eigenvalue weighted by atomic mass is 10.1. The molecule has 1 saturated heterocycles. The van der Waals surface area contributed by atoms with Crippen LogP contribution in [0.2, 0.25) is 4.34 Å². The second-order valence-corrected chi connectivity index (χ2v) is 6.18. The largest absolute Gasteiger partial charge is 0.306 e. The molecule has 1 fully saturated rings. The Morgan fingerprint density at radius 1 is 1.67 bits per heavy atom. The first-order chi connectivity index (χ1) is 7.25. The first-order valence-corrected chi connectivity index (χ1v) is 7.23. The zero-order chi connectivity index (χ0) is 10.7. The van der Waals surface area contributed by atoms with Gasteiger partial charge in [-0.1, -0.05) is 11.6 Å². The number of carbonyl (C=O) groups excluding carboxylic acids is 1. The molecule has 2 rings (SSSR count). The van der Waals surface area contributed by atoms with Crippen molar-refractivity contribution in [1.82, 2.24) is 5.32 Å². The summed E-state index contributed by atoms with van der Waals surface area (Å²) in [6.07, 6.45) is 0.501.